The number of ether oxygens (including phenoxy) is 5. The van der Waals surface area contributed by atoms with Crippen LogP contribution in [0.25, 0.3) is 0 Å². The fourth-order valence-electron chi connectivity index (χ4n) is 8.03. The Bertz CT molecular complexity index is 1650. The number of para-hydroxylation sites is 2. The minimum Gasteiger partial charge on any atom is -0.462 e. The highest BCUT2D eigenvalue weighted by molar-refractivity contribution is 7.49. The zero-order valence-corrected chi connectivity index (χ0v) is 44.2. The van der Waals surface area contributed by atoms with Gasteiger partial charge in [0.05, 0.1) is 13.2 Å². The summed E-state index contributed by atoms with van der Waals surface area (Å²) >= 11 is 17.7. The molecule has 1 aliphatic heterocycles. The second kappa shape index (κ2) is 36.3. The summed E-state index contributed by atoms with van der Waals surface area (Å²) < 4.78 is 76.2. The molecule has 1 saturated heterocycles. The molecule has 2 aromatic carbocycles. The van der Waals surface area contributed by atoms with Crippen molar-refractivity contribution in [2.45, 2.75) is 202 Å². The van der Waals surface area contributed by atoms with Gasteiger partial charge in [-0.2, -0.15) is 0 Å². The summed E-state index contributed by atoms with van der Waals surface area (Å²) in [4.78, 5) is 26.7. The van der Waals surface area contributed by atoms with Gasteiger partial charge < -0.3 is 38.0 Å². The fourth-order valence-corrected chi connectivity index (χ4v) is 9.63. The van der Waals surface area contributed by atoms with Crippen LogP contribution >= 0.6 is 42.6 Å². The number of hydrogen-bond acceptors (Lipinski definition) is 11. The molecule has 3 rings (SSSR count). The van der Waals surface area contributed by atoms with Crippen LogP contribution in [0.3, 0.4) is 0 Å². The second-order valence-electron chi connectivity index (χ2n) is 17.6. The number of alkyl carbamates (subject to hydrolysis) is 1. The molecule has 0 aromatic heterocycles. The van der Waals surface area contributed by atoms with Gasteiger partial charge in [-0.25, -0.2) is 13.8 Å². The van der Waals surface area contributed by atoms with Gasteiger partial charge in [0.2, 0.25) is 3.79 Å². The molecule has 69 heavy (non-hydrogen) atoms. The van der Waals surface area contributed by atoms with E-state index in [0.717, 1.165) is 51.4 Å². The summed E-state index contributed by atoms with van der Waals surface area (Å²) in [5.41, 5.74) is 0. The van der Waals surface area contributed by atoms with E-state index in [1.165, 1.54) is 83.1 Å². The van der Waals surface area contributed by atoms with Crippen molar-refractivity contribution in [2.24, 2.45) is 0 Å². The molecule has 1 amide bonds. The maximum Gasteiger partial charge on any atom is 0.588 e. The molecule has 2 aromatic rings. The second-order valence-corrected chi connectivity index (χ2v) is 21.6. The normalized spacial score (nSPS) is 18.8. The molecule has 6 atom stereocenters. The summed E-state index contributed by atoms with van der Waals surface area (Å²) in [6.45, 7) is 6.21. The third-order valence-electron chi connectivity index (χ3n) is 11.7. The van der Waals surface area contributed by atoms with E-state index < -0.39 is 67.7 Å². The van der Waals surface area contributed by atoms with Crippen molar-refractivity contribution < 1.29 is 55.8 Å². The van der Waals surface area contributed by atoms with Crippen LogP contribution in [0.5, 0.6) is 11.5 Å². The largest absolute Gasteiger partial charge is 0.588 e. The van der Waals surface area contributed by atoms with Crippen LogP contribution in [-0.2, 0) is 37.6 Å². The van der Waals surface area contributed by atoms with Gasteiger partial charge in [-0.05, 0) is 43.5 Å². The summed E-state index contributed by atoms with van der Waals surface area (Å²) in [6.07, 6.45) is 18.3. The predicted molar refractivity (Wildman–Crippen MR) is 273 cm³/mol. The maximum atomic E-state index is 15.3. The van der Waals surface area contributed by atoms with E-state index in [9.17, 15) is 14.2 Å². The molecule has 1 N–H and O–H groups in total. The lowest BCUT2D eigenvalue weighted by Crippen LogP contribution is -2.66. The lowest BCUT2D eigenvalue weighted by atomic mass is 9.96. The number of hydrogen-bond donors (Lipinski definition) is 1. The molecule has 12 nitrogen and oxygen atoms in total. The summed E-state index contributed by atoms with van der Waals surface area (Å²) in [6, 6.07) is 15.1. The van der Waals surface area contributed by atoms with Crippen LogP contribution < -0.4 is 14.4 Å². The highest BCUT2D eigenvalue weighted by atomic mass is 35.6. The first-order chi connectivity index (χ1) is 33.4. The van der Waals surface area contributed by atoms with Crippen molar-refractivity contribution in [3.05, 3.63) is 73.3 Å². The third-order valence-corrected chi connectivity index (χ3v) is 13.4. The van der Waals surface area contributed by atoms with Crippen molar-refractivity contribution in [1.29, 1.82) is 0 Å². The Morgan fingerprint density at radius 1 is 0.739 bits per heavy atom. The average molecular weight is 1050 g/mol. The summed E-state index contributed by atoms with van der Waals surface area (Å²) in [5, 5.41) is 2.65. The Hall–Kier alpha value is -2.61. The van der Waals surface area contributed by atoms with E-state index in [1.54, 1.807) is 60.7 Å². The standard InChI is InChI=1S/C52H80Cl3FNO11P/c1-4-7-9-11-13-15-16-18-20-22-30-36-46(58)64-42(31-25-21-19-17-14-12-10-8-5-2)37-39-61-49-47(57-51(59)63-41-52(53,54)55)50(62-38-6-3)65-45(40-56)48(49)68-69(60,66-43-32-26-23-27-33-43)67-44-34-28-24-29-35-44/h6,23-24,26-29,32-35,42,45,47-50H,3-5,7-22,25,30-31,36-41H2,1-2H3,(H,57,59)/t42-,45-,47-,48-,49-,50+/m1/s1. The fraction of sp³-hybridized carbons (Fsp3) is 0.692. The first kappa shape index (κ1) is 60.7. The zero-order valence-electron chi connectivity index (χ0n) is 41.1. The number of unbranched alkanes of at least 4 members (excludes halogenated alkanes) is 18. The molecule has 17 heteroatoms. The van der Waals surface area contributed by atoms with Crippen LogP contribution in [0, 0.1) is 0 Å². The van der Waals surface area contributed by atoms with Gasteiger partial charge in [-0.1, -0.05) is 207 Å². The number of phosphoric acid groups is 1. The third kappa shape index (κ3) is 27.1. The molecular weight excluding hydrogens is 971 g/mol. The van der Waals surface area contributed by atoms with Crippen LogP contribution in [0.15, 0.2) is 73.3 Å². The molecule has 0 unspecified atom stereocenters. The van der Waals surface area contributed by atoms with Gasteiger partial charge in [-0.15, -0.1) is 6.58 Å². The number of esters is 1. The number of rotatable bonds is 39. The first-order valence-corrected chi connectivity index (χ1v) is 28.0. The summed E-state index contributed by atoms with van der Waals surface area (Å²) in [7, 11) is -4.74. The Kier molecular flexibility index (Phi) is 32.0. The molecule has 0 radical (unpaired) electrons. The number of carbonyl (C=O) groups is 2. The molecule has 0 spiro atoms. The van der Waals surface area contributed by atoms with E-state index >= 15 is 4.39 Å². The topological polar surface area (TPSA) is 137 Å². The van der Waals surface area contributed by atoms with Crippen LogP contribution in [0.4, 0.5) is 9.18 Å². The van der Waals surface area contributed by atoms with Gasteiger partial charge in [-0.3, -0.25) is 9.32 Å². The van der Waals surface area contributed by atoms with Gasteiger partial charge in [0.15, 0.2) is 6.29 Å². The minimum absolute atomic E-state index is 0.0731. The number of halogens is 4. The molecule has 1 aliphatic rings. The molecule has 0 saturated carbocycles. The monoisotopic (exact) mass is 1050 g/mol. The quantitative estimate of drug-likeness (QED) is 0.0225. The smallest absolute Gasteiger partial charge is 0.462 e. The Morgan fingerprint density at radius 3 is 1.74 bits per heavy atom. The highest BCUT2D eigenvalue weighted by Gasteiger charge is 2.53. The number of alkyl halides is 4. The van der Waals surface area contributed by atoms with E-state index in [4.69, 9.17) is 72.1 Å². The lowest BCUT2D eigenvalue weighted by molar-refractivity contribution is -0.267. The number of amides is 1. The maximum absolute atomic E-state index is 15.3. The van der Waals surface area contributed by atoms with E-state index in [2.05, 4.69) is 25.7 Å². The van der Waals surface area contributed by atoms with Crippen LogP contribution in [-0.4, -0.2) is 79.1 Å². The Labute approximate surface area is 427 Å². The van der Waals surface area contributed by atoms with Crippen molar-refractivity contribution >= 4 is 54.7 Å². The van der Waals surface area contributed by atoms with E-state index in [0.29, 0.717) is 12.8 Å². The molecule has 1 heterocycles. The molecule has 0 aliphatic carbocycles. The molecular formula is C52H80Cl3FNO11P. The number of nitrogens with one attached hydrogen (secondary N) is 1. The van der Waals surface area contributed by atoms with Gasteiger partial charge in [0, 0.05) is 12.8 Å². The highest BCUT2D eigenvalue weighted by Crippen LogP contribution is 2.52. The van der Waals surface area contributed by atoms with E-state index in [-0.39, 0.29) is 37.1 Å². The van der Waals surface area contributed by atoms with Crippen molar-refractivity contribution in [2.75, 3.05) is 26.5 Å². The van der Waals surface area contributed by atoms with Gasteiger partial charge >= 0.3 is 19.9 Å². The molecule has 392 valence electrons. The Balaban J connectivity index is 1.85. The van der Waals surface area contributed by atoms with E-state index in [1.807, 2.05) is 0 Å². The van der Waals surface area contributed by atoms with Crippen molar-refractivity contribution in [3.63, 3.8) is 0 Å². The average Bonchev–Trinajstić information content (AvgIpc) is 3.32. The first-order valence-electron chi connectivity index (χ1n) is 25.4. The van der Waals surface area contributed by atoms with Crippen LogP contribution in [0.2, 0.25) is 0 Å². The van der Waals surface area contributed by atoms with Crippen molar-refractivity contribution in [1.82, 2.24) is 5.32 Å². The summed E-state index contributed by atoms with van der Waals surface area (Å²) in [5.74, 6) is -0.00809. The van der Waals surface area contributed by atoms with Crippen molar-refractivity contribution in [3.8, 4) is 11.5 Å². The van der Waals surface area contributed by atoms with Gasteiger partial charge in [0.1, 0.15) is 55.2 Å². The number of benzene rings is 2. The van der Waals surface area contributed by atoms with Crippen LogP contribution in [0.1, 0.15) is 162 Å². The molecule has 0 bridgehead atoms. The predicted octanol–water partition coefficient (Wildman–Crippen LogP) is 15.3. The lowest BCUT2D eigenvalue weighted by Gasteiger charge is -2.45. The Morgan fingerprint density at radius 2 is 1.25 bits per heavy atom. The van der Waals surface area contributed by atoms with Gasteiger partial charge in [0.25, 0.3) is 0 Å². The minimum atomic E-state index is -4.74. The zero-order chi connectivity index (χ0) is 50.0. The number of phosphoric ester groups is 1. The number of carbonyl (C=O) groups excluding carboxylic acids is 2. The SMILES string of the molecule is C=CCO[C@H]1O[C@H](CF)[C@@H](OP(=O)(Oc2ccccc2)Oc2ccccc2)[C@H](OCC[C@@H](CCCCCCCCCCC)OC(=O)CCCCCCCCCCCCC)[C@H]1NC(=O)OCC(Cl)(Cl)Cl. The molecule has 1 fully saturated rings.